The molecule has 1 aliphatic rings. The number of piperidine rings is 1. The van der Waals surface area contributed by atoms with Crippen LogP contribution in [0.2, 0.25) is 0 Å². The maximum absolute atomic E-state index is 13.1. The van der Waals surface area contributed by atoms with Gasteiger partial charge in [0.15, 0.2) is 6.10 Å². The third kappa shape index (κ3) is 5.72. The van der Waals surface area contributed by atoms with Crippen molar-refractivity contribution in [3.8, 4) is 5.75 Å². The zero-order valence-corrected chi connectivity index (χ0v) is 17.5. The molecule has 0 spiro atoms. The molecular formula is C24H31FN2O2. The Morgan fingerprint density at radius 2 is 1.90 bits per heavy atom. The summed E-state index contributed by atoms with van der Waals surface area (Å²) >= 11 is 0. The van der Waals surface area contributed by atoms with Gasteiger partial charge in [-0.05, 0) is 74.1 Å². The number of hydrogen-bond donors (Lipinski definition) is 1. The molecule has 3 atom stereocenters. The maximum Gasteiger partial charge on any atom is 0.261 e. The quantitative estimate of drug-likeness (QED) is 0.706. The van der Waals surface area contributed by atoms with E-state index in [0.29, 0.717) is 12.2 Å². The third-order valence-electron chi connectivity index (χ3n) is 5.53. The molecule has 0 saturated carbocycles. The highest BCUT2D eigenvalue weighted by molar-refractivity contribution is 5.81. The maximum atomic E-state index is 13.1. The van der Waals surface area contributed by atoms with Crippen LogP contribution in [-0.2, 0) is 4.79 Å². The Kier molecular flexibility index (Phi) is 7.13. The average Bonchev–Trinajstić information content (AvgIpc) is 2.73. The van der Waals surface area contributed by atoms with Crippen molar-refractivity contribution in [1.82, 2.24) is 5.32 Å². The van der Waals surface area contributed by atoms with Crippen LogP contribution in [0.1, 0.15) is 51.6 Å². The van der Waals surface area contributed by atoms with E-state index < -0.39 is 6.10 Å². The van der Waals surface area contributed by atoms with Crippen molar-refractivity contribution in [2.45, 2.75) is 52.2 Å². The summed E-state index contributed by atoms with van der Waals surface area (Å²) in [7, 11) is 0. The van der Waals surface area contributed by atoms with Gasteiger partial charge in [-0.15, -0.1) is 0 Å². The van der Waals surface area contributed by atoms with E-state index in [1.54, 1.807) is 0 Å². The van der Waals surface area contributed by atoms with Crippen LogP contribution < -0.4 is 15.0 Å². The summed E-state index contributed by atoms with van der Waals surface area (Å²) in [6.45, 7) is 8.38. The van der Waals surface area contributed by atoms with Gasteiger partial charge in [-0.1, -0.05) is 26.0 Å². The number of hydrogen-bond acceptors (Lipinski definition) is 3. The molecule has 5 heteroatoms. The smallest absolute Gasteiger partial charge is 0.261 e. The molecule has 1 fully saturated rings. The molecular weight excluding hydrogens is 367 g/mol. The van der Waals surface area contributed by atoms with Crippen molar-refractivity contribution < 1.29 is 13.9 Å². The van der Waals surface area contributed by atoms with Crippen molar-refractivity contribution in [2.24, 2.45) is 5.92 Å². The minimum atomic E-state index is -0.614. The van der Waals surface area contributed by atoms with Crippen LogP contribution in [-0.4, -0.2) is 25.1 Å². The van der Waals surface area contributed by atoms with E-state index in [-0.39, 0.29) is 17.8 Å². The molecule has 0 bridgehead atoms. The highest BCUT2D eigenvalue weighted by Gasteiger charge is 2.21. The van der Waals surface area contributed by atoms with Crippen molar-refractivity contribution in [2.75, 3.05) is 18.0 Å². The number of carbonyl (C=O) groups excluding carboxylic acids is 1. The molecule has 29 heavy (non-hydrogen) atoms. The van der Waals surface area contributed by atoms with Gasteiger partial charge in [0.1, 0.15) is 11.6 Å². The Morgan fingerprint density at radius 1 is 1.21 bits per heavy atom. The summed E-state index contributed by atoms with van der Waals surface area (Å²) in [6, 6.07) is 14.1. The lowest BCUT2D eigenvalue weighted by molar-refractivity contribution is -0.128. The van der Waals surface area contributed by atoms with Crippen LogP contribution in [0.5, 0.6) is 5.75 Å². The van der Waals surface area contributed by atoms with Gasteiger partial charge in [0.05, 0.1) is 6.04 Å². The first kappa shape index (κ1) is 21.2. The Balaban J connectivity index is 1.58. The van der Waals surface area contributed by atoms with E-state index in [1.165, 1.54) is 42.8 Å². The summed E-state index contributed by atoms with van der Waals surface area (Å²) < 4.78 is 18.8. The van der Waals surface area contributed by atoms with Gasteiger partial charge in [-0.25, -0.2) is 4.39 Å². The largest absolute Gasteiger partial charge is 0.481 e. The van der Waals surface area contributed by atoms with E-state index in [1.807, 2.05) is 13.8 Å². The van der Waals surface area contributed by atoms with Gasteiger partial charge in [-0.3, -0.25) is 4.79 Å². The molecule has 3 rings (SSSR count). The van der Waals surface area contributed by atoms with E-state index in [4.69, 9.17) is 4.74 Å². The normalized spacial score (nSPS) is 18.8. The van der Waals surface area contributed by atoms with Gasteiger partial charge in [-0.2, -0.15) is 0 Å². The van der Waals surface area contributed by atoms with Crippen molar-refractivity contribution in [3.63, 3.8) is 0 Å². The number of ether oxygens (including phenoxy) is 1. The second-order valence-corrected chi connectivity index (χ2v) is 7.98. The van der Waals surface area contributed by atoms with Crippen LogP contribution >= 0.6 is 0 Å². The highest BCUT2D eigenvalue weighted by atomic mass is 19.1. The summed E-state index contributed by atoms with van der Waals surface area (Å²) in [6.07, 6.45) is 2.46. The van der Waals surface area contributed by atoms with Gasteiger partial charge >= 0.3 is 0 Å². The fraction of sp³-hybridized carbons (Fsp3) is 0.458. The molecule has 1 heterocycles. The zero-order chi connectivity index (χ0) is 20.8. The number of benzene rings is 2. The fourth-order valence-corrected chi connectivity index (χ4v) is 3.79. The average molecular weight is 399 g/mol. The topological polar surface area (TPSA) is 41.6 Å². The van der Waals surface area contributed by atoms with Crippen LogP contribution in [0, 0.1) is 11.7 Å². The second-order valence-electron chi connectivity index (χ2n) is 7.98. The number of carbonyl (C=O) groups is 1. The van der Waals surface area contributed by atoms with Crippen LogP contribution in [0.15, 0.2) is 48.5 Å². The van der Waals surface area contributed by atoms with Gasteiger partial charge in [0, 0.05) is 18.8 Å². The molecule has 2 aromatic rings. The molecule has 0 aromatic heterocycles. The second kappa shape index (κ2) is 9.77. The first-order valence-corrected chi connectivity index (χ1v) is 10.5. The number of halogens is 1. The van der Waals surface area contributed by atoms with Crippen molar-refractivity contribution >= 4 is 11.6 Å². The number of anilines is 1. The Bertz CT molecular complexity index is 792. The van der Waals surface area contributed by atoms with Crippen LogP contribution in [0.4, 0.5) is 10.1 Å². The molecule has 1 amide bonds. The van der Waals surface area contributed by atoms with Crippen molar-refractivity contribution in [3.05, 3.63) is 59.9 Å². The molecule has 1 saturated heterocycles. The fourth-order valence-electron chi connectivity index (χ4n) is 3.79. The number of nitrogens with one attached hydrogen (secondary N) is 1. The first-order valence-electron chi connectivity index (χ1n) is 10.5. The summed E-state index contributed by atoms with van der Waals surface area (Å²) in [5, 5.41) is 3.03. The first-order chi connectivity index (χ1) is 14.0. The Labute approximate surface area is 173 Å². The Hall–Kier alpha value is -2.56. The summed E-state index contributed by atoms with van der Waals surface area (Å²) in [5.74, 6) is 0.721. The lowest BCUT2D eigenvalue weighted by atomic mass is 9.99. The number of rotatable bonds is 7. The Morgan fingerprint density at radius 3 is 2.52 bits per heavy atom. The molecule has 2 aromatic carbocycles. The van der Waals surface area contributed by atoms with E-state index in [2.05, 4.69) is 41.4 Å². The van der Waals surface area contributed by atoms with Crippen LogP contribution in [0.3, 0.4) is 0 Å². The minimum absolute atomic E-state index is 0.123. The van der Waals surface area contributed by atoms with E-state index in [9.17, 15) is 9.18 Å². The molecule has 0 radical (unpaired) electrons. The van der Waals surface area contributed by atoms with Gasteiger partial charge in [0.2, 0.25) is 0 Å². The predicted molar refractivity (Wildman–Crippen MR) is 115 cm³/mol. The monoisotopic (exact) mass is 398 g/mol. The van der Waals surface area contributed by atoms with E-state index >= 15 is 0 Å². The third-order valence-corrected chi connectivity index (χ3v) is 5.53. The number of nitrogens with zero attached hydrogens (tertiary/aromatic N) is 1. The minimum Gasteiger partial charge on any atom is -0.481 e. The SMILES string of the molecule is CC[C@H](Oc1ccc(F)cc1)C(=O)N[C@H](C)c1ccc(N2CCC[C@@H](C)C2)cc1. The van der Waals surface area contributed by atoms with E-state index in [0.717, 1.165) is 24.6 Å². The molecule has 4 nitrogen and oxygen atoms in total. The molecule has 0 unspecified atom stereocenters. The van der Waals surface area contributed by atoms with Gasteiger partial charge < -0.3 is 15.0 Å². The lowest BCUT2D eigenvalue weighted by Crippen LogP contribution is -2.39. The zero-order valence-electron chi connectivity index (χ0n) is 17.5. The van der Waals surface area contributed by atoms with Crippen molar-refractivity contribution in [1.29, 1.82) is 0 Å². The van der Waals surface area contributed by atoms with Gasteiger partial charge in [0.25, 0.3) is 5.91 Å². The predicted octanol–water partition coefficient (Wildman–Crippen LogP) is 5.10. The molecule has 1 aliphatic heterocycles. The lowest BCUT2D eigenvalue weighted by Gasteiger charge is -2.33. The van der Waals surface area contributed by atoms with Crippen LogP contribution in [0.25, 0.3) is 0 Å². The summed E-state index contributed by atoms with van der Waals surface area (Å²) in [5.41, 5.74) is 2.30. The molecule has 1 N–H and O–H groups in total. The summed E-state index contributed by atoms with van der Waals surface area (Å²) in [4.78, 5) is 15.1. The highest BCUT2D eigenvalue weighted by Crippen LogP contribution is 2.25. The standard InChI is InChI=1S/C24H31FN2O2/c1-4-23(29-22-13-9-20(25)10-14-22)24(28)26-18(3)19-7-11-21(12-8-19)27-15-5-6-17(2)16-27/h7-14,17-18,23H,4-6,15-16H2,1-3H3,(H,26,28)/t17-,18-,23+/m1/s1. The molecule has 0 aliphatic carbocycles. The number of amides is 1. The molecule has 156 valence electrons.